The number of rotatable bonds is 9. The van der Waals surface area contributed by atoms with Crippen molar-refractivity contribution in [1.82, 2.24) is 4.90 Å². The Morgan fingerprint density at radius 2 is 1.67 bits per heavy atom. The quantitative estimate of drug-likeness (QED) is 0.306. The molecule has 0 amide bonds. The number of nitrogens with zero attached hydrogens (tertiary/aromatic N) is 2. The molecule has 27 heavy (non-hydrogen) atoms. The van der Waals surface area contributed by atoms with E-state index in [1.165, 1.54) is 22.4 Å². The predicted octanol–water partition coefficient (Wildman–Crippen LogP) is 4.67. The molecule has 1 aliphatic rings. The average molecular weight is 596 g/mol. The van der Waals surface area contributed by atoms with Crippen LogP contribution < -0.4 is 4.90 Å². The maximum atomic E-state index is 5.76. The summed E-state index contributed by atoms with van der Waals surface area (Å²) in [5, 5.41) is 0. The van der Waals surface area contributed by atoms with Crippen LogP contribution in [0.15, 0.2) is 24.5 Å². The molecule has 0 saturated heterocycles. The van der Waals surface area contributed by atoms with Crippen molar-refractivity contribution in [3.8, 4) is 0 Å². The monoisotopic (exact) mass is 595 g/mol. The van der Waals surface area contributed by atoms with Crippen molar-refractivity contribution in [2.45, 2.75) is 40.2 Å². The Kier molecular flexibility index (Phi) is 11.3. The van der Waals surface area contributed by atoms with Gasteiger partial charge in [-0.25, -0.2) is 0 Å². The molecule has 0 radical (unpaired) electrons. The summed E-state index contributed by atoms with van der Waals surface area (Å²) in [4.78, 5) is 4.40. The Bertz CT molecular complexity index is 592. The number of halogens is 1. The summed E-state index contributed by atoms with van der Waals surface area (Å²) in [6, 6.07) is 5.27. The molecule has 0 atom stereocenters. The zero-order valence-corrected chi connectivity index (χ0v) is 20.9. The molecule has 0 saturated carbocycles. The number of hydrogen-bond acceptors (Lipinski definition) is 5. The van der Waals surface area contributed by atoms with Gasteiger partial charge < -0.3 is 23.1 Å². The normalized spacial score (nSPS) is 13.8. The van der Waals surface area contributed by atoms with E-state index in [0.717, 1.165) is 19.0 Å². The number of benzene rings is 1. The van der Waals surface area contributed by atoms with Crippen LogP contribution in [0.5, 0.6) is 0 Å². The number of anilines is 1. The zero-order valence-electron chi connectivity index (χ0n) is 17.0. The third-order valence-corrected chi connectivity index (χ3v) is 7.41. The zero-order chi connectivity index (χ0) is 20.4. The molecule has 8 heteroatoms. The van der Waals surface area contributed by atoms with Crippen molar-refractivity contribution < 1.29 is 33.3 Å². The average Bonchev–Trinajstić information content (AvgIpc) is 3.10. The Labute approximate surface area is 181 Å². The fourth-order valence-corrected chi connectivity index (χ4v) is 5.40. The predicted molar refractivity (Wildman–Crippen MR) is 110 cm³/mol. The Morgan fingerprint density at radius 3 is 2.19 bits per heavy atom. The van der Waals surface area contributed by atoms with Gasteiger partial charge in [0.1, 0.15) is 0 Å². The minimum absolute atomic E-state index is 0.614. The fraction of sp³-hybridized carbons (Fsp3) is 0.526. The van der Waals surface area contributed by atoms with Gasteiger partial charge in [0.25, 0.3) is 0 Å². The van der Waals surface area contributed by atoms with Gasteiger partial charge in [0.15, 0.2) is 0 Å². The standard InChI is InChI=1S/C19H31N2O3Si.Au.ClH/c1-7-24-25(22-5,23-6)12-8-9-20-10-11-21(15-20)19-17(3)13-16(2)14-18(19)4;;/h10-11,13-15H,7-9,12H2,1-6H3;;1H/q-1;+1;/p-1. The number of aryl methyl sites for hydroxylation is 3. The summed E-state index contributed by atoms with van der Waals surface area (Å²) in [6.07, 6.45) is 5.18. The Balaban J connectivity index is 0.00000176. The molecule has 0 aliphatic carbocycles. The molecular weight excluding hydrogens is 565 g/mol. The molecule has 0 unspecified atom stereocenters. The second kappa shape index (κ2) is 12.3. The van der Waals surface area contributed by atoms with Gasteiger partial charge in [-0.1, -0.05) is 17.7 Å². The first-order valence-corrected chi connectivity index (χ1v) is 13.6. The summed E-state index contributed by atoms with van der Waals surface area (Å²) in [5.74, 6) is 0. The van der Waals surface area contributed by atoms with Crippen LogP contribution in [-0.4, -0.2) is 41.1 Å². The summed E-state index contributed by atoms with van der Waals surface area (Å²) < 4.78 is 16.9. The van der Waals surface area contributed by atoms with Crippen molar-refractivity contribution in [2.24, 2.45) is 0 Å². The van der Waals surface area contributed by atoms with Gasteiger partial charge in [-0.2, -0.15) is 6.67 Å². The molecule has 0 spiro atoms. The Morgan fingerprint density at radius 1 is 1.07 bits per heavy atom. The van der Waals surface area contributed by atoms with Crippen molar-refractivity contribution in [3.05, 3.63) is 47.9 Å². The molecule has 0 aromatic heterocycles. The third kappa shape index (κ3) is 6.90. The van der Waals surface area contributed by atoms with E-state index in [0.29, 0.717) is 6.61 Å². The van der Waals surface area contributed by atoms with Gasteiger partial charge in [-0.15, -0.1) is 0 Å². The van der Waals surface area contributed by atoms with E-state index >= 15 is 0 Å². The minimum atomic E-state index is -2.50. The fourth-order valence-electron chi connectivity index (χ4n) is 3.41. The van der Waals surface area contributed by atoms with Gasteiger partial charge in [0, 0.05) is 32.6 Å². The molecule has 2 rings (SSSR count). The summed E-state index contributed by atoms with van der Waals surface area (Å²) in [7, 11) is 5.44. The molecule has 1 heterocycles. The van der Waals surface area contributed by atoms with Gasteiger partial charge in [-0.05, 0) is 64.2 Å². The van der Waals surface area contributed by atoms with E-state index in [4.69, 9.17) is 13.3 Å². The Hall–Kier alpha value is -0.313. The molecular formula is C19H31AuClN2O3Si-. The van der Waals surface area contributed by atoms with Crippen LogP contribution in [0.1, 0.15) is 30.0 Å². The van der Waals surface area contributed by atoms with Crippen LogP contribution in [0.4, 0.5) is 5.69 Å². The second-order valence-electron chi connectivity index (χ2n) is 6.43. The van der Waals surface area contributed by atoms with Crippen LogP contribution >= 0.6 is 9.19 Å². The van der Waals surface area contributed by atoms with Crippen LogP contribution in [0.2, 0.25) is 6.04 Å². The van der Waals surface area contributed by atoms with Crippen molar-refractivity contribution in [1.29, 1.82) is 0 Å². The first-order valence-electron chi connectivity index (χ1n) is 8.95. The molecule has 0 bridgehead atoms. The summed E-state index contributed by atoms with van der Waals surface area (Å²) in [6.45, 7) is 12.1. The van der Waals surface area contributed by atoms with E-state index < -0.39 is 8.80 Å². The maximum absolute atomic E-state index is 5.76. The second-order valence-corrected chi connectivity index (χ2v) is 9.41. The van der Waals surface area contributed by atoms with Crippen molar-refractivity contribution in [3.63, 3.8) is 0 Å². The molecule has 158 valence electrons. The third-order valence-electron chi connectivity index (χ3n) is 4.47. The first-order chi connectivity index (χ1) is 12.9. The van der Waals surface area contributed by atoms with E-state index in [1.807, 2.05) is 6.92 Å². The molecule has 5 nitrogen and oxygen atoms in total. The van der Waals surface area contributed by atoms with Crippen LogP contribution in [0.3, 0.4) is 0 Å². The molecule has 1 aromatic rings. The van der Waals surface area contributed by atoms with E-state index in [-0.39, 0.29) is 0 Å². The van der Waals surface area contributed by atoms with E-state index in [1.54, 1.807) is 34.2 Å². The molecule has 1 aliphatic heterocycles. The van der Waals surface area contributed by atoms with Crippen LogP contribution in [-0.2, 0) is 33.3 Å². The summed E-state index contributed by atoms with van der Waals surface area (Å²) >= 11 is 1.75. The van der Waals surface area contributed by atoms with Gasteiger partial charge >= 0.3 is 38.0 Å². The van der Waals surface area contributed by atoms with Gasteiger partial charge in [0.2, 0.25) is 0 Å². The van der Waals surface area contributed by atoms with E-state index in [9.17, 15) is 0 Å². The van der Waals surface area contributed by atoms with Gasteiger partial charge in [0.05, 0.1) is 0 Å². The SMILES string of the molecule is CCO[Si](CCCN1C=CN(c2c(C)cc(C)cc2C)[CH-]1)(OC)OC.[Cl][Au]. The summed E-state index contributed by atoms with van der Waals surface area (Å²) in [5.41, 5.74) is 5.15. The molecule has 0 fully saturated rings. The molecule has 1 aromatic carbocycles. The van der Waals surface area contributed by atoms with Crippen LogP contribution in [0.25, 0.3) is 0 Å². The first kappa shape index (κ1) is 24.7. The van der Waals surface area contributed by atoms with E-state index in [2.05, 4.69) is 71.0 Å². The van der Waals surface area contributed by atoms with Crippen LogP contribution in [0, 0.1) is 27.4 Å². The van der Waals surface area contributed by atoms with Gasteiger partial charge in [-0.3, -0.25) is 0 Å². The molecule has 0 N–H and O–H groups in total. The topological polar surface area (TPSA) is 34.2 Å². The number of hydrogen-bond donors (Lipinski definition) is 0. The van der Waals surface area contributed by atoms with Crippen molar-refractivity contribution >= 4 is 23.7 Å². The van der Waals surface area contributed by atoms with Crippen molar-refractivity contribution in [2.75, 3.05) is 32.3 Å².